The number of rotatable bonds is 5. The van der Waals surface area contributed by atoms with Gasteiger partial charge in [-0.25, -0.2) is 9.48 Å². The van der Waals surface area contributed by atoms with Crippen LogP contribution in [0.2, 0.25) is 10.0 Å². The molecule has 1 unspecified atom stereocenters. The lowest BCUT2D eigenvalue weighted by molar-refractivity contribution is -0.142. The number of benzene rings is 2. The van der Waals surface area contributed by atoms with Crippen LogP contribution in [-0.4, -0.2) is 60.2 Å². The molecule has 9 nitrogen and oxygen atoms in total. The molecule has 0 spiro atoms. The fourth-order valence-corrected chi connectivity index (χ4v) is 5.73. The third-order valence-corrected chi connectivity index (χ3v) is 8.59. The van der Waals surface area contributed by atoms with E-state index in [2.05, 4.69) is 5.10 Å². The number of fused-ring (bicyclic) bond motifs is 3. The molecule has 3 aromatic rings. The fourth-order valence-electron chi connectivity index (χ4n) is 5.43. The highest BCUT2D eigenvalue weighted by molar-refractivity contribution is 6.42. The van der Waals surface area contributed by atoms with E-state index >= 15 is 0 Å². The molecule has 2 aliphatic rings. The summed E-state index contributed by atoms with van der Waals surface area (Å²) in [4.78, 5) is 43.0. The first-order valence-electron chi connectivity index (χ1n) is 13.0. The first-order chi connectivity index (χ1) is 18.8. The first-order valence-corrected chi connectivity index (χ1v) is 13.8. The first kappa shape index (κ1) is 28.1. The van der Waals surface area contributed by atoms with Gasteiger partial charge in [-0.1, -0.05) is 47.5 Å². The highest BCUT2D eigenvalue weighted by Gasteiger charge is 2.43. The maximum atomic E-state index is 14.0. The van der Waals surface area contributed by atoms with Gasteiger partial charge in [0.25, 0.3) is 11.8 Å². The van der Waals surface area contributed by atoms with Crippen molar-refractivity contribution in [2.45, 2.75) is 64.4 Å². The van der Waals surface area contributed by atoms with Gasteiger partial charge in [0.1, 0.15) is 5.69 Å². The van der Waals surface area contributed by atoms with E-state index < -0.39 is 23.7 Å². The third kappa shape index (κ3) is 4.87. The van der Waals surface area contributed by atoms with Gasteiger partial charge in [-0.3, -0.25) is 9.59 Å². The van der Waals surface area contributed by atoms with E-state index in [0.29, 0.717) is 28.3 Å². The number of aliphatic carboxylic acids is 1. The SMILES string of the molecule is CC(c1ccc(C(C)(C)O)cc1)N1C[C@@H](C(=O)O)n2nc3c(c2C1=O)CN(C(=O)c1ccc(Cl)c(Cl)c1)[C@H](C)C3. The van der Waals surface area contributed by atoms with Crippen molar-refractivity contribution in [3.63, 3.8) is 0 Å². The van der Waals surface area contributed by atoms with E-state index in [4.69, 9.17) is 23.2 Å². The van der Waals surface area contributed by atoms with Crippen LogP contribution in [0.25, 0.3) is 0 Å². The van der Waals surface area contributed by atoms with E-state index in [9.17, 15) is 24.6 Å². The van der Waals surface area contributed by atoms with E-state index in [1.807, 2.05) is 26.0 Å². The molecule has 5 rings (SSSR count). The Morgan fingerprint density at radius 2 is 1.77 bits per heavy atom. The second-order valence-corrected chi connectivity index (χ2v) is 11.8. The Balaban J connectivity index is 1.50. The molecule has 2 aliphatic heterocycles. The molecule has 3 heterocycles. The van der Waals surface area contributed by atoms with Crippen molar-refractivity contribution in [3.8, 4) is 0 Å². The van der Waals surface area contributed by atoms with Gasteiger partial charge in [-0.2, -0.15) is 5.10 Å². The van der Waals surface area contributed by atoms with Crippen molar-refractivity contribution in [1.29, 1.82) is 0 Å². The minimum Gasteiger partial charge on any atom is -0.480 e. The molecule has 0 radical (unpaired) electrons. The average molecular weight is 585 g/mol. The van der Waals surface area contributed by atoms with Crippen molar-refractivity contribution in [2.24, 2.45) is 0 Å². The zero-order valence-corrected chi connectivity index (χ0v) is 24.1. The Morgan fingerprint density at radius 3 is 2.38 bits per heavy atom. The molecule has 2 amide bonds. The highest BCUT2D eigenvalue weighted by atomic mass is 35.5. The quantitative estimate of drug-likeness (QED) is 0.443. The standard InChI is InChI=1S/C29H30Cl2N4O5/c1-15-11-23-20(13-33(15)26(36)18-7-10-21(30)22(31)12-18)25-27(37)34(14-24(28(38)39)35(25)32-23)16(2)17-5-8-19(9-6-17)29(3,4)40/h5-10,12,15-16,24,40H,11,13-14H2,1-4H3,(H,38,39)/t15-,16?,24+/m1/s1. The average Bonchev–Trinajstić information content (AvgIpc) is 3.27. The largest absolute Gasteiger partial charge is 0.480 e. The summed E-state index contributed by atoms with van der Waals surface area (Å²) in [6.45, 7) is 7.16. The molecule has 0 aliphatic carbocycles. The molecule has 2 aromatic carbocycles. The maximum Gasteiger partial charge on any atom is 0.330 e. The molecule has 2 N–H and O–H groups in total. The number of carboxylic acid groups (broad SMARTS) is 1. The zero-order chi connectivity index (χ0) is 29.1. The highest BCUT2D eigenvalue weighted by Crippen LogP contribution is 2.36. The van der Waals surface area contributed by atoms with E-state index in [0.717, 1.165) is 11.1 Å². The minimum absolute atomic E-state index is 0.0579. The summed E-state index contributed by atoms with van der Waals surface area (Å²) in [5, 5.41) is 25.6. The van der Waals surface area contributed by atoms with Gasteiger partial charge in [-0.05, 0) is 57.0 Å². The van der Waals surface area contributed by atoms with Crippen molar-refractivity contribution < 1.29 is 24.6 Å². The number of aromatic nitrogens is 2. The summed E-state index contributed by atoms with van der Waals surface area (Å²) >= 11 is 12.2. The Hall–Kier alpha value is -3.40. The fraction of sp³-hybridized carbons (Fsp3) is 0.379. The molecule has 40 heavy (non-hydrogen) atoms. The second-order valence-electron chi connectivity index (χ2n) is 11.0. The number of carbonyl (C=O) groups is 3. The predicted molar refractivity (Wildman–Crippen MR) is 150 cm³/mol. The zero-order valence-electron chi connectivity index (χ0n) is 22.6. The van der Waals surface area contributed by atoms with Crippen LogP contribution in [0.15, 0.2) is 42.5 Å². The second kappa shape index (κ2) is 10.2. The van der Waals surface area contributed by atoms with Crippen molar-refractivity contribution in [3.05, 3.63) is 86.2 Å². The summed E-state index contributed by atoms with van der Waals surface area (Å²) in [5.74, 6) is -1.71. The van der Waals surface area contributed by atoms with Gasteiger partial charge in [0, 0.05) is 23.6 Å². The normalized spacial score (nSPS) is 19.7. The Labute approximate surface area is 241 Å². The van der Waals surface area contributed by atoms with Crippen molar-refractivity contribution >= 4 is 41.0 Å². The van der Waals surface area contributed by atoms with Crippen LogP contribution < -0.4 is 0 Å². The molecule has 210 valence electrons. The summed E-state index contributed by atoms with van der Waals surface area (Å²) in [5.41, 5.74) is 2.24. The van der Waals surface area contributed by atoms with Crippen LogP contribution >= 0.6 is 23.2 Å². The number of hydrogen-bond acceptors (Lipinski definition) is 5. The number of hydrogen-bond donors (Lipinski definition) is 2. The Morgan fingerprint density at radius 1 is 1.10 bits per heavy atom. The molecular formula is C29H30Cl2N4O5. The lowest BCUT2D eigenvalue weighted by Gasteiger charge is -2.37. The maximum absolute atomic E-state index is 14.0. The summed E-state index contributed by atoms with van der Waals surface area (Å²) in [7, 11) is 0. The van der Waals surface area contributed by atoms with Gasteiger partial charge >= 0.3 is 5.97 Å². The monoisotopic (exact) mass is 584 g/mol. The lowest BCUT2D eigenvalue weighted by atomic mass is 9.94. The van der Waals surface area contributed by atoms with Crippen LogP contribution in [0.3, 0.4) is 0 Å². The number of aliphatic hydroxyl groups is 1. The number of halogens is 2. The van der Waals surface area contributed by atoms with E-state index in [1.165, 1.54) is 10.7 Å². The van der Waals surface area contributed by atoms with Gasteiger partial charge in [0.05, 0.1) is 40.5 Å². The predicted octanol–water partition coefficient (Wildman–Crippen LogP) is 4.85. The molecular weight excluding hydrogens is 555 g/mol. The Kier molecular flexibility index (Phi) is 7.18. The smallest absolute Gasteiger partial charge is 0.330 e. The minimum atomic E-state index is -1.10. The van der Waals surface area contributed by atoms with Crippen LogP contribution in [0.1, 0.15) is 83.0 Å². The van der Waals surface area contributed by atoms with Gasteiger partial charge < -0.3 is 20.0 Å². The van der Waals surface area contributed by atoms with Crippen LogP contribution in [0, 0.1) is 0 Å². The van der Waals surface area contributed by atoms with Crippen molar-refractivity contribution in [2.75, 3.05) is 6.54 Å². The molecule has 11 heteroatoms. The van der Waals surface area contributed by atoms with Crippen LogP contribution in [0.4, 0.5) is 0 Å². The van der Waals surface area contributed by atoms with Gasteiger partial charge in [0.2, 0.25) is 0 Å². The summed E-state index contributed by atoms with van der Waals surface area (Å²) < 4.78 is 1.32. The molecule has 1 aromatic heterocycles. The molecule has 0 fully saturated rings. The van der Waals surface area contributed by atoms with Gasteiger partial charge in [-0.15, -0.1) is 0 Å². The lowest BCUT2D eigenvalue weighted by Crippen LogP contribution is -2.47. The summed E-state index contributed by atoms with van der Waals surface area (Å²) in [6.07, 6.45) is 0.371. The molecule has 0 saturated carbocycles. The summed E-state index contributed by atoms with van der Waals surface area (Å²) in [6, 6.07) is 10.2. The Bertz CT molecular complexity index is 1510. The molecule has 0 bridgehead atoms. The molecule has 3 atom stereocenters. The van der Waals surface area contributed by atoms with Crippen molar-refractivity contribution in [1.82, 2.24) is 19.6 Å². The van der Waals surface area contributed by atoms with E-state index in [1.54, 1.807) is 47.9 Å². The van der Waals surface area contributed by atoms with Crippen LogP contribution in [-0.2, 0) is 23.4 Å². The van der Waals surface area contributed by atoms with Crippen LogP contribution in [0.5, 0.6) is 0 Å². The number of carbonyl (C=O) groups excluding carboxylic acids is 2. The number of amides is 2. The number of carboxylic acids is 1. The van der Waals surface area contributed by atoms with Gasteiger partial charge in [0.15, 0.2) is 6.04 Å². The third-order valence-electron chi connectivity index (χ3n) is 7.85. The topological polar surface area (TPSA) is 116 Å². The van der Waals surface area contributed by atoms with E-state index in [-0.39, 0.29) is 41.7 Å². The molecule has 0 saturated heterocycles. The number of nitrogens with zero attached hydrogens (tertiary/aromatic N) is 4.